The van der Waals surface area contributed by atoms with Crippen molar-refractivity contribution < 1.29 is 0 Å². The van der Waals surface area contributed by atoms with Crippen LogP contribution in [0.25, 0.3) is 10.1 Å². The molecule has 1 N–H and O–H groups in total. The first-order chi connectivity index (χ1) is 8.50. The largest absolute Gasteiger partial charge is 0.312 e. The van der Waals surface area contributed by atoms with Crippen LogP contribution in [0, 0.1) is 12.8 Å². The van der Waals surface area contributed by atoms with Crippen molar-refractivity contribution in [3.8, 4) is 0 Å². The summed E-state index contributed by atoms with van der Waals surface area (Å²) in [5, 5.41) is 6.15. The topological polar surface area (TPSA) is 12.0 Å². The first kappa shape index (κ1) is 14.1. The van der Waals surface area contributed by atoms with Crippen molar-refractivity contribution in [2.75, 3.05) is 6.54 Å². The van der Waals surface area contributed by atoms with Crippen LogP contribution in [-0.4, -0.2) is 6.54 Å². The zero-order valence-corrected chi connectivity index (χ0v) is 13.1. The van der Waals surface area contributed by atoms with E-state index in [0.29, 0.717) is 5.92 Å². The number of fused-ring (bicyclic) bond motifs is 1. The fourth-order valence-electron chi connectivity index (χ4n) is 1.96. The Kier molecular flexibility index (Phi) is 4.54. The number of halogens is 2. The Morgan fingerprint density at radius 1 is 1.22 bits per heavy atom. The molecule has 98 valence electrons. The molecule has 0 saturated heterocycles. The lowest BCUT2D eigenvalue weighted by molar-refractivity contribution is 0.554. The summed E-state index contributed by atoms with van der Waals surface area (Å²) >= 11 is 14.2. The molecule has 1 nitrogen and oxygen atoms in total. The summed E-state index contributed by atoms with van der Waals surface area (Å²) in [5.74, 6) is 0.659. The van der Waals surface area contributed by atoms with Gasteiger partial charge in [-0.1, -0.05) is 37.0 Å². The van der Waals surface area contributed by atoms with Crippen molar-refractivity contribution in [2.24, 2.45) is 5.92 Å². The molecule has 0 atom stereocenters. The van der Waals surface area contributed by atoms with Crippen LogP contribution >= 0.6 is 34.5 Å². The number of nitrogens with one attached hydrogen (secondary N) is 1. The lowest BCUT2D eigenvalue weighted by atomic mass is 10.1. The van der Waals surface area contributed by atoms with Gasteiger partial charge in [0.25, 0.3) is 0 Å². The van der Waals surface area contributed by atoms with Crippen molar-refractivity contribution in [3.63, 3.8) is 0 Å². The second kappa shape index (κ2) is 5.79. The van der Waals surface area contributed by atoms with Gasteiger partial charge in [0.2, 0.25) is 0 Å². The predicted molar refractivity (Wildman–Crippen MR) is 83.1 cm³/mol. The molecule has 1 aromatic heterocycles. The maximum absolute atomic E-state index is 6.26. The smallest absolute Gasteiger partial charge is 0.0585 e. The van der Waals surface area contributed by atoms with Gasteiger partial charge in [-0.05, 0) is 37.1 Å². The van der Waals surface area contributed by atoms with Crippen LogP contribution in [0.1, 0.15) is 24.3 Å². The lowest BCUT2D eigenvalue weighted by Gasteiger charge is -2.06. The van der Waals surface area contributed by atoms with Crippen LogP contribution in [0.3, 0.4) is 0 Å². The number of hydrogen-bond donors (Lipinski definition) is 1. The molecule has 0 aliphatic rings. The first-order valence-electron chi connectivity index (χ1n) is 6.07. The van der Waals surface area contributed by atoms with Crippen LogP contribution in [0.4, 0.5) is 0 Å². The number of thiophene rings is 1. The molecule has 0 aliphatic carbocycles. The Balaban J connectivity index is 2.33. The van der Waals surface area contributed by atoms with E-state index in [2.05, 4.69) is 26.1 Å². The fraction of sp³-hybridized carbons (Fsp3) is 0.429. The lowest BCUT2D eigenvalue weighted by Crippen LogP contribution is -2.18. The van der Waals surface area contributed by atoms with Gasteiger partial charge in [-0.3, -0.25) is 0 Å². The minimum Gasteiger partial charge on any atom is -0.312 e. The maximum atomic E-state index is 6.26. The Morgan fingerprint density at radius 3 is 2.50 bits per heavy atom. The van der Waals surface area contributed by atoms with E-state index in [1.54, 1.807) is 11.3 Å². The molecule has 0 aliphatic heterocycles. The molecule has 0 saturated carbocycles. The van der Waals surface area contributed by atoms with Gasteiger partial charge in [0.15, 0.2) is 0 Å². The molecule has 0 spiro atoms. The molecule has 2 aromatic rings. The molecule has 1 heterocycles. The second-order valence-corrected chi connectivity index (χ2v) is 6.83. The summed E-state index contributed by atoms with van der Waals surface area (Å²) < 4.78 is 1.10. The Labute approximate surface area is 122 Å². The van der Waals surface area contributed by atoms with Gasteiger partial charge in [0, 0.05) is 21.8 Å². The van der Waals surface area contributed by atoms with Crippen molar-refractivity contribution in [1.29, 1.82) is 0 Å². The molecule has 18 heavy (non-hydrogen) atoms. The van der Waals surface area contributed by atoms with E-state index in [-0.39, 0.29) is 0 Å². The highest BCUT2D eigenvalue weighted by molar-refractivity contribution is 7.20. The normalized spacial score (nSPS) is 11.7. The molecule has 4 heteroatoms. The Hall–Kier alpha value is -0.280. The summed E-state index contributed by atoms with van der Waals surface area (Å²) in [6.45, 7) is 8.44. The average molecular weight is 302 g/mol. The zero-order valence-electron chi connectivity index (χ0n) is 10.8. The minimum absolute atomic E-state index is 0.659. The Morgan fingerprint density at radius 2 is 1.89 bits per heavy atom. The number of aryl methyl sites for hydroxylation is 1. The van der Waals surface area contributed by atoms with Gasteiger partial charge in [-0.2, -0.15) is 0 Å². The highest BCUT2D eigenvalue weighted by Crippen LogP contribution is 2.39. The summed E-state index contributed by atoms with van der Waals surface area (Å²) in [6, 6.07) is 3.74. The average Bonchev–Trinajstić information content (AvgIpc) is 2.63. The van der Waals surface area contributed by atoms with Crippen molar-refractivity contribution in [1.82, 2.24) is 5.32 Å². The molecule has 0 fully saturated rings. The third-order valence-electron chi connectivity index (χ3n) is 2.92. The maximum Gasteiger partial charge on any atom is 0.0585 e. The minimum atomic E-state index is 0.659. The number of rotatable bonds is 4. The molecule has 0 amide bonds. The van der Waals surface area contributed by atoms with Crippen LogP contribution in [0.2, 0.25) is 10.0 Å². The van der Waals surface area contributed by atoms with Gasteiger partial charge in [-0.25, -0.2) is 0 Å². The van der Waals surface area contributed by atoms with E-state index in [1.165, 1.54) is 10.4 Å². The van der Waals surface area contributed by atoms with Crippen LogP contribution in [0.5, 0.6) is 0 Å². The number of benzene rings is 1. The molecule has 0 radical (unpaired) electrons. The summed E-state index contributed by atoms with van der Waals surface area (Å²) in [4.78, 5) is 1.32. The molecular formula is C14H17Cl2NS. The predicted octanol–water partition coefficient (Wildman–Crippen LogP) is 5.26. The van der Waals surface area contributed by atoms with Crippen molar-refractivity contribution in [2.45, 2.75) is 27.3 Å². The van der Waals surface area contributed by atoms with Gasteiger partial charge in [0.1, 0.15) is 0 Å². The SMILES string of the molecule is Cc1c(CNCC(C)C)sc2c(Cl)ccc(Cl)c12. The van der Waals surface area contributed by atoms with Gasteiger partial charge in [0.05, 0.1) is 9.72 Å². The van der Waals surface area contributed by atoms with Crippen molar-refractivity contribution >= 4 is 44.6 Å². The fourth-order valence-corrected chi connectivity index (χ4v) is 3.80. The first-order valence-corrected chi connectivity index (χ1v) is 7.64. The molecule has 2 rings (SSSR count). The standard InChI is InChI=1S/C14H17Cl2NS/c1-8(2)6-17-7-12-9(3)13-10(15)4-5-11(16)14(13)18-12/h4-5,8,17H,6-7H2,1-3H3. The summed E-state index contributed by atoms with van der Waals surface area (Å²) in [5.41, 5.74) is 1.25. The van der Waals surface area contributed by atoms with Gasteiger partial charge >= 0.3 is 0 Å². The van der Waals surface area contributed by atoms with E-state index >= 15 is 0 Å². The van der Waals surface area contributed by atoms with E-state index in [9.17, 15) is 0 Å². The third-order valence-corrected chi connectivity index (χ3v) is 4.98. The van der Waals surface area contributed by atoms with Crippen LogP contribution < -0.4 is 5.32 Å². The summed E-state index contributed by atoms with van der Waals surface area (Å²) in [7, 11) is 0. The van der Waals surface area contributed by atoms with Crippen LogP contribution in [-0.2, 0) is 6.54 Å². The summed E-state index contributed by atoms with van der Waals surface area (Å²) in [6.07, 6.45) is 0. The van der Waals surface area contributed by atoms with E-state index in [1.807, 2.05) is 12.1 Å². The van der Waals surface area contributed by atoms with E-state index in [4.69, 9.17) is 23.2 Å². The van der Waals surface area contributed by atoms with Crippen molar-refractivity contribution in [3.05, 3.63) is 32.6 Å². The molecule has 1 aromatic carbocycles. The van der Waals surface area contributed by atoms with Crippen LogP contribution in [0.15, 0.2) is 12.1 Å². The highest BCUT2D eigenvalue weighted by Gasteiger charge is 2.13. The molecule has 0 bridgehead atoms. The van der Waals surface area contributed by atoms with Gasteiger partial charge in [-0.15, -0.1) is 11.3 Å². The van der Waals surface area contributed by atoms with E-state index in [0.717, 1.165) is 33.2 Å². The van der Waals surface area contributed by atoms with Gasteiger partial charge < -0.3 is 5.32 Å². The highest BCUT2D eigenvalue weighted by atomic mass is 35.5. The quantitative estimate of drug-likeness (QED) is 0.812. The second-order valence-electron chi connectivity index (χ2n) is 4.91. The molecular weight excluding hydrogens is 285 g/mol. The molecule has 0 unspecified atom stereocenters. The monoisotopic (exact) mass is 301 g/mol. The third kappa shape index (κ3) is 2.83. The zero-order chi connectivity index (χ0) is 13.3. The Bertz CT molecular complexity index is 560. The van der Waals surface area contributed by atoms with E-state index < -0.39 is 0 Å². The number of hydrogen-bond acceptors (Lipinski definition) is 2.